The fourth-order valence-corrected chi connectivity index (χ4v) is 7.12. The second-order valence-corrected chi connectivity index (χ2v) is 16.0. The SMILES string of the molecule is CC(C)(C)OC(=O)N[C@H]1CCCCC/C=C\[C@@H]2C[C@@]2(C(=O)NS(C)(=O)=O)NC(=O)[C@@H]2C[C@@H](OC(=O)N3Cc4cccc(F)c4C3)CN2C1=O. The van der Waals surface area contributed by atoms with Crippen LogP contribution in [0.2, 0.25) is 0 Å². The third kappa shape index (κ3) is 8.69. The summed E-state index contributed by atoms with van der Waals surface area (Å²) in [7, 11) is -3.96. The molecule has 268 valence electrons. The molecule has 5 amide bonds. The van der Waals surface area contributed by atoms with Crippen LogP contribution < -0.4 is 15.4 Å². The van der Waals surface area contributed by atoms with Gasteiger partial charge in [-0.25, -0.2) is 22.4 Å². The van der Waals surface area contributed by atoms with Crippen molar-refractivity contribution in [3.63, 3.8) is 0 Å². The van der Waals surface area contributed by atoms with Crippen LogP contribution >= 0.6 is 0 Å². The van der Waals surface area contributed by atoms with Crippen LogP contribution in [0.5, 0.6) is 0 Å². The number of nitrogens with one attached hydrogen (secondary N) is 3. The normalized spacial score (nSPS) is 28.1. The lowest BCUT2D eigenvalue weighted by atomic mass is 10.0. The van der Waals surface area contributed by atoms with Gasteiger partial charge in [0.05, 0.1) is 19.3 Å². The number of allylic oxidation sites excluding steroid dienone is 1. The molecule has 0 radical (unpaired) electrons. The van der Waals surface area contributed by atoms with Gasteiger partial charge in [-0.05, 0) is 58.1 Å². The number of benzene rings is 1. The summed E-state index contributed by atoms with van der Waals surface area (Å²) < 4.78 is 51.5. The predicted octanol–water partition coefficient (Wildman–Crippen LogP) is 2.61. The second-order valence-electron chi connectivity index (χ2n) is 14.2. The Kier molecular flexibility index (Phi) is 10.3. The van der Waals surface area contributed by atoms with Crippen molar-refractivity contribution in [2.45, 2.75) is 108 Å². The van der Waals surface area contributed by atoms with Crippen LogP contribution in [-0.4, -0.2) is 90.3 Å². The van der Waals surface area contributed by atoms with Gasteiger partial charge in [0.15, 0.2) is 0 Å². The lowest BCUT2D eigenvalue weighted by Gasteiger charge is -2.30. The minimum absolute atomic E-state index is 0.00508. The van der Waals surface area contributed by atoms with E-state index < -0.39 is 81.0 Å². The molecule has 3 aliphatic heterocycles. The Balaban J connectivity index is 1.40. The Morgan fingerprint density at radius 1 is 1.10 bits per heavy atom. The van der Waals surface area contributed by atoms with E-state index in [9.17, 15) is 36.8 Å². The van der Waals surface area contributed by atoms with Gasteiger partial charge in [-0.1, -0.05) is 37.1 Å². The van der Waals surface area contributed by atoms with Crippen LogP contribution in [0.1, 0.15) is 76.8 Å². The zero-order valence-electron chi connectivity index (χ0n) is 28.1. The van der Waals surface area contributed by atoms with Crippen LogP contribution in [0, 0.1) is 11.7 Å². The maximum Gasteiger partial charge on any atom is 0.410 e. The van der Waals surface area contributed by atoms with Gasteiger partial charge in [0.1, 0.15) is 35.1 Å². The summed E-state index contributed by atoms with van der Waals surface area (Å²) in [6, 6.07) is 2.27. The molecule has 5 atom stereocenters. The number of fused-ring (bicyclic) bond motifs is 3. The molecule has 4 aliphatic rings. The lowest BCUT2D eigenvalue weighted by Crippen LogP contribution is -2.58. The van der Waals surface area contributed by atoms with E-state index in [-0.39, 0.29) is 38.9 Å². The van der Waals surface area contributed by atoms with Crippen LogP contribution in [-0.2, 0) is 47.0 Å². The molecule has 0 spiro atoms. The van der Waals surface area contributed by atoms with Crippen molar-refractivity contribution in [1.82, 2.24) is 25.2 Å². The van der Waals surface area contributed by atoms with E-state index >= 15 is 0 Å². The number of ether oxygens (including phenoxy) is 2. The first-order valence-corrected chi connectivity index (χ1v) is 18.4. The van der Waals surface area contributed by atoms with E-state index in [1.54, 1.807) is 39.0 Å². The minimum Gasteiger partial charge on any atom is -0.444 e. The molecule has 16 heteroatoms. The highest BCUT2D eigenvalue weighted by molar-refractivity contribution is 7.89. The average molecular weight is 706 g/mol. The number of sulfonamides is 1. The number of nitrogens with zero attached hydrogens (tertiary/aromatic N) is 2. The Hall–Kier alpha value is -4.21. The monoisotopic (exact) mass is 705 g/mol. The number of rotatable bonds is 4. The fourth-order valence-electron chi connectivity index (χ4n) is 6.60. The largest absolute Gasteiger partial charge is 0.444 e. The molecule has 2 fully saturated rings. The number of amides is 5. The van der Waals surface area contributed by atoms with E-state index in [1.807, 2.05) is 10.8 Å². The van der Waals surface area contributed by atoms with Gasteiger partial charge in [0, 0.05) is 24.4 Å². The summed E-state index contributed by atoms with van der Waals surface area (Å²) in [4.78, 5) is 70.1. The van der Waals surface area contributed by atoms with E-state index in [0.29, 0.717) is 30.4 Å². The molecule has 1 saturated carbocycles. The summed E-state index contributed by atoms with van der Waals surface area (Å²) in [5.74, 6) is -3.16. The topological polar surface area (TPSA) is 181 Å². The number of halogens is 1. The summed E-state index contributed by atoms with van der Waals surface area (Å²) in [6.07, 6.45) is 4.92. The smallest absolute Gasteiger partial charge is 0.410 e. The number of hydrogen-bond acceptors (Lipinski definition) is 9. The van der Waals surface area contributed by atoms with Gasteiger partial charge in [0.2, 0.25) is 21.8 Å². The van der Waals surface area contributed by atoms with Crippen LogP contribution in [0.3, 0.4) is 0 Å². The minimum atomic E-state index is -3.96. The first-order chi connectivity index (χ1) is 23.0. The van der Waals surface area contributed by atoms with E-state index in [0.717, 1.165) is 12.7 Å². The number of carbonyl (C=O) groups is 5. The number of alkyl carbamates (subject to hydrolysis) is 1. The first kappa shape index (κ1) is 36.1. The number of carbonyl (C=O) groups excluding carboxylic acids is 5. The maximum atomic E-state index is 14.4. The second kappa shape index (κ2) is 14.0. The lowest BCUT2D eigenvalue weighted by molar-refractivity contribution is -0.141. The Bertz CT molecular complexity index is 1640. The summed E-state index contributed by atoms with van der Waals surface area (Å²) in [6.45, 7) is 4.98. The molecule has 1 aromatic carbocycles. The molecule has 1 aliphatic carbocycles. The number of hydrogen-bond donors (Lipinski definition) is 3. The Labute approximate surface area is 285 Å². The molecule has 3 heterocycles. The van der Waals surface area contributed by atoms with E-state index in [1.165, 1.54) is 15.9 Å². The van der Waals surface area contributed by atoms with Gasteiger partial charge < -0.3 is 25.0 Å². The van der Waals surface area contributed by atoms with Gasteiger partial charge in [0.25, 0.3) is 5.91 Å². The van der Waals surface area contributed by atoms with Crippen molar-refractivity contribution in [2.24, 2.45) is 5.92 Å². The van der Waals surface area contributed by atoms with Crippen LogP contribution in [0.15, 0.2) is 30.4 Å². The summed E-state index contributed by atoms with van der Waals surface area (Å²) in [5.41, 5.74) is -1.38. The third-order valence-corrected chi connectivity index (χ3v) is 9.62. The molecular formula is C33H44FN5O9S. The predicted molar refractivity (Wildman–Crippen MR) is 173 cm³/mol. The molecule has 5 rings (SSSR count). The molecule has 1 saturated heterocycles. The van der Waals surface area contributed by atoms with Gasteiger partial charge in [-0.15, -0.1) is 0 Å². The quantitative estimate of drug-likeness (QED) is 0.397. The molecule has 0 aromatic heterocycles. The highest BCUT2D eigenvalue weighted by Crippen LogP contribution is 2.45. The zero-order valence-corrected chi connectivity index (χ0v) is 28.9. The van der Waals surface area contributed by atoms with Crippen molar-refractivity contribution in [1.29, 1.82) is 0 Å². The maximum absolute atomic E-state index is 14.4. The van der Waals surface area contributed by atoms with Gasteiger partial charge in [-0.3, -0.25) is 24.0 Å². The zero-order chi connectivity index (χ0) is 35.7. The average Bonchev–Trinajstić information content (AvgIpc) is 3.30. The fraction of sp³-hybridized carbons (Fsp3) is 0.606. The molecular weight excluding hydrogens is 661 g/mol. The van der Waals surface area contributed by atoms with Crippen molar-refractivity contribution in [2.75, 3.05) is 12.8 Å². The van der Waals surface area contributed by atoms with Crippen molar-refractivity contribution in [3.8, 4) is 0 Å². The Morgan fingerprint density at radius 2 is 1.86 bits per heavy atom. The summed E-state index contributed by atoms with van der Waals surface area (Å²) in [5, 5.41) is 5.37. The molecule has 0 bridgehead atoms. The summed E-state index contributed by atoms with van der Waals surface area (Å²) >= 11 is 0. The van der Waals surface area contributed by atoms with E-state index in [2.05, 4.69) is 10.6 Å². The van der Waals surface area contributed by atoms with E-state index in [4.69, 9.17) is 9.47 Å². The van der Waals surface area contributed by atoms with Crippen LogP contribution in [0.25, 0.3) is 0 Å². The van der Waals surface area contributed by atoms with Crippen molar-refractivity contribution in [3.05, 3.63) is 47.3 Å². The molecule has 0 unspecified atom stereocenters. The highest BCUT2D eigenvalue weighted by Gasteiger charge is 2.61. The van der Waals surface area contributed by atoms with Crippen molar-refractivity contribution >= 4 is 39.9 Å². The molecule has 1 aromatic rings. The van der Waals surface area contributed by atoms with Gasteiger partial charge >= 0.3 is 12.2 Å². The first-order valence-electron chi connectivity index (χ1n) is 16.5. The highest BCUT2D eigenvalue weighted by atomic mass is 32.2. The van der Waals surface area contributed by atoms with Crippen molar-refractivity contribution < 1.29 is 46.3 Å². The van der Waals surface area contributed by atoms with Gasteiger partial charge in [-0.2, -0.15) is 0 Å². The Morgan fingerprint density at radius 3 is 2.55 bits per heavy atom. The van der Waals surface area contributed by atoms with Crippen LogP contribution in [0.4, 0.5) is 14.0 Å². The molecule has 14 nitrogen and oxygen atoms in total. The molecule has 49 heavy (non-hydrogen) atoms. The standard InChI is InChI=1S/C33H44FN5O9S/c1-32(2,3)48-30(43)35-25-14-9-7-5-6-8-12-21-16-33(21,29(42)37-49(4,45)46)36-27(40)26-15-22(18-39(26)28(25)41)47-31(44)38-17-20-11-10-13-24(34)23(20)19-38/h8,10-13,21-22,25-26H,5-7,9,14-19H2,1-4H3,(H,35,43)(H,36,40)(H,37,42)/b12-8-/t21-,22-,25+,26+,33-/m1/s1. The molecule has 3 N–H and O–H groups in total. The third-order valence-electron chi connectivity index (χ3n) is 9.07.